The Bertz CT molecular complexity index is 3020. The molecule has 94 heavy (non-hydrogen) atoms. The summed E-state index contributed by atoms with van der Waals surface area (Å²) in [6.07, 6.45) is -1.99. The van der Waals surface area contributed by atoms with Crippen LogP contribution in [0.25, 0.3) is 0 Å². The molecule has 9 atom stereocenters. The number of guanidine groups is 2. The monoisotopic (exact) mass is 1320 g/mol. The maximum Gasteiger partial charge on any atom is 0.305 e. The van der Waals surface area contributed by atoms with Crippen molar-refractivity contribution in [1.82, 2.24) is 58.5 Å². The van der Waals surface area contributed by atoms with E-state index in [0.29, 0.717) is 11.1 Å². The maximum atomic E-state index is 14.2. The lowest BCUT2D eigenvalue weighted by Gasteiger charge is -2.26. The number of Topliss-reactive ketones (excluding diaryl/α,β-unsaturated/α-hetero) is 1. The summed E-state index contributed by atoms with van der Waals surface area (Å²) in [6, 6.07) is 4.54. The first-order valence-electron chi connectivity index (χ1n) is 30.9. The van der Waals surface area contributed by atoms with Crippen LogP contribution in [0.4, 0.5) is 0 Å². The number of benzene rings is 2. The number of hydrogen-bond acceptors (Lipinski definition) is 17. The second-order valence-electron chi connectivity index (χ2n) is 22.5. The Balaban J connectivity index is 1.39. The van der Waals surface area contributed by atoms with E-state index in [9.17, 15) is 77.3 Å². The van der Waals surface area contributed by atoms with Crippen LogP contribution in [-0.4, -0.2) is 192 Å². The molecule has 2 heterocycles. The molecule has 0 spiro atoms. The van der Waals surface area contributed by atoms with Crippen molar-refractivity contribution in [3.05, 3.63) is 71.8 Å². The Hall–Kier alpha value is -10.3. The molecule has 2 aromatic rings. The SMILES string of the molecule is NC(N)=NCCC[C@H]1NC(=O)[C@@H](CCCCNC(=O)C(N)CCC(=O)NCCCC[C@H]2NC(=O)[C@H](Cc3ccccc3)NC(=O)[C@@H](CC(=O)O)NC(=O)CNC(=O)[C@@H](CCCN=C(N)N)NC2=O)NC(=O)[C@H](Cc2ccccc2)NC(=O)[C@@H](CC(=O)O)NC(=O)CCC1=O. The Morgan fingerprint density at radius 3 is 1.33 bits per heavy atom. The molecule has 2 aliphatic heterocycles. The van der Waals surface area contributed by atoms with Gasteiger partial charge in [0, 0.05) is 58.3 Å². The van der Waals surface area contributed by atoms with E-state index in [0.717, 1.165) is 0 Å². The van der Waals surface area contributed by atoms with E-state index in [1.54, 1.807) is 60.7 Å². The van der Waals surface area contributed by atoms with Crippen molar-refractivity contribution in [1.29, 1.82) is 0 Å². The summed E-state index contributed by atoms with van der Waals surface area (Å²) in [7, 11) is 0. The molecular formula is C60H88N18O16. The van der Waals surface area contributed by atoms with Crippen LogP contribution in [0.3, 0.4) is 0 Å². The summed E-state index contributed by atoms with van der Waals surface area (Å²) >= 11 is 0. The van der Waals surface area contributed by atoms with Crippen molar-refractivity contribution >= 4 is 94.6 Å². The number of unbranched alkanes of at least 4 members (excludes halogenated alkanes) is 2. The lowest BCUT2D eigenvalue weighted by molar-refractivity contribution is -0.141. The average Bonchev–Trinajstić information content (AvgIpc) is 1.40. The molecule has 11 amide bonds. The van der Waals surface area contributed by atoms with Crippen LogP contribution in [0.5, 0.6) is 0 Å². The number of aliphatic carboxylic acids is 2. The Morgan fingerprint density at radius 2 is 0.862 bits per heavy atom. The van der Waals surface area contributed by atoms with Gasteiger partial charge in [0.05, 0.1) is 31.5 Å². The predicted octanol–water partition coefficient (Wildman–Crippen LogP) is -5.42. The van der Waals surface area contributed by atoms with Crippen molar-refractivity contribution in [2.24, 2.45) is 38.7 Å². The van der Waals surface area contributed by atoms with Crippen molar-refractivity contribution < 1.29 is 77.3 Å². The van der Waals surface area contributed by atoms with E-state index >= 15 is 0 Å². The largest absolute Gasteiger partial charge is 0.481 e. The summed E-state index contributed by atoms with van der Waals surface area (Å²) in [4.78, 5) is 194. The van der Waals surface area contributed by atoms with E-state index in [4.69, 9.17) is 28.7 Å². The van der Waals surface area contributed by atoms with Gasteiger partial charge in [0.15, 0.2) is 17.7 Å². The first kappa shape index (κ1) is 76.2. The molecule has 34 nitrogen and oxygen atoms in total. The molecule has 0 aliphatic carbocycles. The predicted molar refractivity (Wildman–Crippen MR) is 338 cm³/mol. The number of amides is 11. The molecule has 1 unspecified atom stereocenters. The van der Waals surface area contributed by atoms with Crippen molar-refractivity contribution in [3.8, 4) is 0 Å². The number of carboxylic acids is 2. The molecule has 34 heteroatoms. The van der Waals surface area contributed by atoms with E-state index < -0.39 is 169 Å². The third kappa shape index (κ3) is 29.3. The Kier molecular flexibility index (Phi) is 32.9. The number of carboxylic acid groups (broad SMARTS) is 2. The molecule has 514 valence electrons. The second kappa shape index (κ2) is 40.5. The minimum absolute atomic E-state index is 0.0200. The fourth-order valence-corrected chi connectivity index (χ4v) is 9.88. The number of carbonyl (C=O) groups is 14. The van der Waals surface area contributed by atoms with Crippen LogP contribution >= 0.6 is 0 Å². The van der Waals surface area contributed by atoms with E-state index in [-0.39, 0.29) is 128 Å². The number of hydrogen-bond donors (Lipinski definition) is 18. The third-order valence-electron chi connectivity index (χ3n) is 14.9. The molecule has 0 saturated carbocycles. The first-order chi connectivity index (χ1) is 44.8. The normalized spacial score (nSPS) is 21.6. The van der Waals surface area contributed by atoms with Gasteiger partial charge < -0.3 is 97.4 Å². The summed E-state index contributed by atoms with van der Waals surface area (Å²) in [5.74, 6) is -12.9. The minimum atomic E-state index is -1.67. The maximum absolute atomic E-state index is 14.2. The summed E-state index contributed by atoms with van der Waals surface area (Å²) in [6.45, 7) is -0.460. The van der Waals surface area contributed by atoms with Crippen LogP contribution < -0.4 is 87.2 Å². The van der Waals surface area contributed by atoms with Gasteiger partial charge in [-0.3, -0.25) is 77.1 Å². The zero-order valence-corrected chi connectivity index (χ0v) is 52.1. The number of nitrogens with zero attached hydrogens (tertiary/aromatic N) is 2. The van der Waals surface area contributed by atoms with Gasteiger partial charge >= 0.3 is 11.9 Å². The molecule has 2 aromatic carbocycles. The highest BCUT2D eigenvalue weighted by Crippen LogP contribution is 2.14. The molecule has 2 aliphatic rings. The zero-order chi connectivity index (χ0) is 69.1. The van der Waals surface area contributed by atoms with Gasteiger partial charge in [0.1, 0.15) is 42.3 Å². The number of ketones is 1. The average molecular weight is 1320 g/mol. The summed E-state index contributed by atoms with van der Waals surface area (Å²) in [5, 5.41) is 47.3. The topological polar surface area (TPSA) is 567 Å². The van der Waals surface area contributed by atoms with Crippen LogP contribution in [0.1, 0.15) is 114 Å². The lowest BCUT2D eigenvalue weighted by Crippen LogP contribution is -2.58. The van der Waals surface area contributed by atoms with Crippen molar-refractivity contribution in [3.63, 3.8) is 0 Å². The molecule has 0 bridgehead atoms. The van der Waals surface area contributed by atoms with Gasteiger partial charge in [-0.15, -0.1) is 0 Å². The first-order valence-corrected chi connectivity index (χ1v) is 30.9. The Labute approximate surface area is 541 Å². The quantitative estimate of drug-likeness (QED) is 0.0197. The fourth-order valence-electron chi connectivity index (χ4n) is 9.88. The van der Waals surface area contributed by atoms with E-state index in [1.165, 1.54) is 0 Å². The molecule has 23 N–H and O–H groups in total. The fraction of sp³-hybridized carbons (Fsp3) is 0.533. The lowest BCUT2D eigenvalue weighted by atomic mass is 10.0. The highest BCUT2D eigenvalue weighted by atomic mass is 16.4. The number of nitrogens with one attached hydrogen (secondary N) is 11. The van der Waals surface area contributed by atoms with Crippen LogP contribution in [-0.2, 0) is 80.0 Å². The van der Waals surface area contributed by atoms with Crippen LogP contribution in [0, 0.1) is 0 Å². The molecule has 4 rings (SSSR count). The van der Waals surface area contributed by atoms with Crippen LogP contribution in [0.2, 0.25) is 0 Å². The number of nitrogens with two attached hydrogens (primary N) is 5. The smallest absolute Gasteiger partial charge is 0.305 e. The van der Waals surface area contributed by atoms with Crippen molar-refractivity contribution in [2.75, 3.05) is 32.7 Å². The van der Waals surface area contributed by atoms with Crippen LogP contribution in [0.15, 0.2) is 70.6 Å². The third-order valence-corrected chi connectivity index (χ3v) is 14.9. The zero-order valence-electron chi connectivity index (χ0n) is 52.1. The van der Waals surface area contributed by atoms with Gasteiger partial charge in [0.25, 0.3) is 0 Å². The number of rotatable bonds is 30. The summed E-state index contributed by atoms with van der Waals surface area (Å²) in [5.41, 5.74) is 29.2. The van der Waals surface area contributed by atoms with Gasteiger partial charge in [-0.1, -0.05) is 60.7 Å². The van der Waals surface area contributed by atoms with Gasteiger partial charge in [0.2, 0.25) is 65.0 Å². The number of aliphatic imine (C=N–C) groups is 2. The van der Waals surface area contributed by atoms with E-state index in [1.807, 2.05) is 0 Å². The molecule has 2 fully saturated rings. The highest BCUT2D eigenvalue weighted by Gasteiger charge is 2.36. The molecule has 0 aromatic heterocycles. The molecule has 2 saturated heterocycles. The number of carbonyl (C=O) groups excluding carboxylic acids is 12. The van der Waals surface area contributed by atoms with Gasteiger partial charge in [-0.2, -0.15) is 0 Å². The van der Waals surface area contributed by atoms with E-state index in [2.05, 4.69) is 68.5 Å². The summed E-state index contributed by atoms with van der Waals surface area (Å²) < 4.78 is 0. The highest BCUT2D eigenvalue weighted by molar-refractivity contribution is 6.00. The Morgan fingerprint density at radius 1 is 0.468 bits per heavy atom. The van der Waals surface area contributed by atoms with Crippen molar-refractivity contribution in [2.45, 2.75) is 170 Å². The van der Waals surface area contributed by atoms with Gasteiger partial charge in [-0.25, -0.2) is 0 Å². The minimum Gasteiger partial charge on any atom is -0.481 e. The van der Waals surface area contributed by atoms with Gasteiger partial charge in [-0.05, 0) is 81.8 Å². The molecule has 0 radical (unpaired) electrons. The molecular weight excluding hydrogens is 1230 g/mol. The standard InChI is InChI=1S/C60H88N18O16/c61-36(51(87)67-26-10-8-18-39-53(89)73-37(19-11-27-68-59(62)63)45(79)22-24-47(81)71-43(31-49(83)84)57(93)77-41(55(91)75-39)29-34-13-3-1-4-14-34)21-23-46(80)66-25-9-7-17-40-54(90)74-38(20-12-28-69-60(64)65)52(88)70-33-48(82)72-44(32-50(85)86)58(94)78-42(56(92)76-40)30-35-15-5-2-6-16-35/h1-6,13-16,36-44H,7-12,17-33,61H2,(H,66,80)(H,67,87)(H,70,88)(H,71,81)(H,72,82)(H,73,89)(H,74,90)(H,75,91)(H,76,92)(H,77,93)(H,78,94)(H,83,84)(H,85,86)(H4,62,63,68)(H4,64,65,69)/t36?,37-,38-,39-,40-,41+,42+,43-,44-/m1/s1. The second-order valence-corrected chi connectivity index (χ2v) is 22.5.